The molecule has 2 N–H and O–H groups in total. The molecule has 2 aliphatic heterocycles. The molecule has 2 aromatic rings. The van der Waals surface area contributed by atoms with Gasteiger partial charge < -0.3 is 29.5 Å². The summed E-state index contributed by atoms with van der Waals surface area (Å²) in [7, 11) is 1.48. The number of rotatable bonds is 3. The Kier molecular flexibility index (Phi) is 9.84. The average Bonchev–Trinajstić information content (AvgIpc) is 3.54. The second kappa shape index (κ2) is 13.4. The molecule has 1 saturated carbocycles. The summed E-state index contributed by atoms with van der Waals surface area (Å²) in [6.07, 6.45) is 0.286. The van der Waals surface area contributed by atoms with E-state index in [1.165, 1.54) is 12.0 Å². The van der Waals surface area contributed by atoms with Crippen LogP contribution in [0.5, 0.6) is 11.6 Å². The van der Waals surface area contributed by atoms with Crippen molar-refractivity contribution in [2.75, 3.05) is 13.7 Å². The lowest BCUT2D eigenvalue weighted by atomic mass is 9.85. The first-order chi connectivity index (χ1) is 22.1. The number of alkyl halides is 2. The zero-order valence-corrected chi connectivity index (χ0v) is 27.9. The molecule has 2 bridgehead atoms. The summed E-state index contributed by atoms with van der Waals surface area (Å²) in [4.78, 5) is 50.2. The van der Waals surface area contributed by atoms with Crippen LogP contribution in [0.3, 0.4) is 0 Å². The zero-order chi connectivity index (χ0) is 34.3. The maximum atomic E-state index is 16.1. The van der Waals surface area contributed by atoms with Gasteiger partial charge in [0.1, 0.15) is 30.0 Å². The highest BCUT2D eigenvalue weighted by Crippen LogP contribution is 2.42. The highest BCUT2D eigenvalue weighted by atomic mass is 19.3. The number of carbonyl (C=O) groups excluding carboxylic acids is 2. The minimum atomic E-state index is -3.42. The second-order valence-electron chi connectivity index (χ2n) is 14.4. The first kappa shape index (κ1) is 34.6. The molecule has 13 heteroatoms. The fourth-order valence-corrected chi connectivity index (χ4v) is 7.42. The lowest BCUT2D eigenvalue weighted by Crippen LogP contribution is -2.57. The first-order valence-electron chi connectivity index (χ1n) is 16.5. The molecule has 47 heavy (non-hydrogen) atoms. The van der Waals surface area contributed by atoms with Crippen molar-refractivity contribution in [1.82, 2.24) is 20.2 Å². The number of aromatic nitrogens is 2. The van der Waals surface area contributed by atoms with Gasteiger partial charge in [-0.05, 0) is 61.5 Å². The van der Waals surface area contributed by atoms with Crippen LogP contribution in [-0.4, -0.2) is 75.9 Å². The summed E-state index contributed by atoms with van der Waals surface area (Å²) in [6, 6.07) is 2.27. The van der Waals surface area contributed by atoms with Gasteiger partial charge in [-0.2, -0.15) is 8.78 Å². The largest absolute Gasteiger partial charge is 0.497 e. The van der Waals surface area contributed by atoms with Crippen molar-refractivity contribution in [3.8, 4) is 11.6 Å². The van der Waals surface area contributed by atoms with Gasteiger partial charge in [0.2, 0.25) is 11.8 Å². The van der Waals surface area contributed by atoms with E-state index in [2.05, 4.69) is 22.2 Å². The number of nitrogens with one attached hydrogen (secondary N) is 1. The van der Waals surface area contributed by atoms with Crippen LogP contribution in [-0.2, 0) is 20.2 Å². The Morgan fingerprint density at radius 3 is 2.53 bits per heavy atom. The molecule has 7 atom stereocenters. The molecule has 3 aliphatic rings. The molecule has 0 spiro atoms. The zero-order valence-electron chi connectivity index (χ0n) is 27.9. The third kappa shape index (κ3) is 7.23. The van der Waals surface area contributed by atoms with E-state index in [-0.39, 0.29) is 42.3 Å². The highest BCUT2D eigenvalue weighted by Gasteiger charge is 2.52. The van der Waals surface area contributed by atoms with Gasteiger partial charge in [-0.3, -0.25) is 4.79 Å². The topological polar surface area (TPSA) is 140 Å². The molecular weight excluding hydrogens is 614 g/mol. The van der Waals surface area contributed by atoms with Crippen LogP contribution in [0.25, 0.3) is 11.0 Å². The fourth-order valence-electron chi connectivity index (χ4n) is 7.42. The minimum absolute atomic E-state index is 0.0116. The number of methoxy groups -OCH3 is 1. The van der Waals surface area contributed by atoms with Crippen molar-refractivity contribution in [3.05, 3.63) is 23.9 Å². The number of aliphatic carboxylic acids is 1. The Bertz CT molecular complexity index is 1500. The Morgan fingerprint density at radius 2 is 1.87 bits per heavy atom. The number of carboxylic acids is 1. The number of carboxylic acid groups (broad SMARTS) is 1. The number of halogens is 2. The molecule has 1 aliphatic carbocycles. The molecule has 0 radical (unpaired) electrons. The van der Waals surface area contributed by atoms with E-state index in [9.17, 15) is 19.5 Å². The van der Waals surface area contributed by atoms with E-state index >= 15 is 8.78 Å². The number of alkyl carbamates (subject to hydrolysis) is 1. The Hall–Kier alpha value is -3.77. The van der Waals surface area contributed by atoms with E-state index in [0.717, 1.165) is 6.42 Å². The molecule has 1 saturated heterocycles. The molecule has 0 unspecified atom stereocenters. The van der Waals surface area contributed by atoms with E-state index in [1.807, 2.05) is 0 Å². The summed E-state index contributed by atoms with van der Waals surface area (Å²) in [5, 5.41) is 13.1. The smallest absolute Gasteiger partial charge is 0.408 e. The lowest BCUT2D eigenvalue weighted by molar-refractivity contribution is -0.151. The van der Waals surface area contributed by atoms with Gasteiger partial charge in [0, 0.05) is 18.4 Å². The van der Waals surface area contributed by atoms with Crippen molar-refractivity contribution in [3.63, 3.8) is 0 Å². The molecule has 1 aromatic heterocycles. The summed E-state index contributed by atoms with van der Waals surface area (Å²) < 4.78 is 49.6. The van der Waals surface area contributed by atoms with Gasteiger partial charge in [-0.25, -0.2) is 19.6 Å². The summed E-state index contributed by atoms with van der Waals surface area (Å²) in [5.41, 5.74) is -0.941. The van der Waals surface area contributed by atoms with Gasteiger partial charge >= 0.3 is 12.1 Å². The molecule has 5 rings (SSSR count). The molecule has 2 amide bonds. The van der Waals surface area contributed by atoms with E-state index in [4.69, 9.17) is 14.2 Å². The highest BCUT2D eigenvalue weighted by molar-refractivity contribution is 5.90. The van der Waals surface area contributed by atoms with Crippen LogP contribution in [0.1, 0.15) is 85.3 Å². The standard InChI is InChI=1S/C34H46F2N4O7/c1-7-21-25-17-40(26(21)31(42)43)30(41)28(33(3,4)5)39-32(44)47-24-15-18(2)14-19(24)10-8-9-13-34(35,36)27-29(46-25)38-23-16-20(45-6)11-12-22(23)37-27/h11-12,16,18-19,21,24-26,28H,7-10,13-15,17H2,1-6H3,(H,39,44)(H,42,43)/t18-,19-,21-,24-,25+,26+,28-/m1/s1. The van der Waals surface area contributed by atoms with Gasteiger partial charge in [-0.1, -0.05) is 41.0 Å². The molecule has 11 nitrogen and oxygen atoms in total. The molecular formula is C34H46F2N4O7. The van der Waals surface area contributed by atoms with Crippen LogP contribution in [0.2, 0.25) is 0 Å². The lowest BCUT2D eigenvalue weighted by Gasteiger charge is -2.35. The number of amides is 2. The fraction of sp³-hybridized carbons (Fsp3) is 0.676. The van der Waals surface area contributed by atoms with Crippen molar-refractivity contribution < 1.29 is 42.5 Å². The van der Waals surface area contributed by atoms with Crippen LogP contribution in [0.4, 0.5) is 13.6 Å². The Morgan fingerprint density at radius 1 is 1.13 bits per heavy atom. The first-order valence-corrected chi connectivity index (χ1v) is 16.5. The van der Waals surface area contributed by atoms with Crippen LogP contribution < -0.4 is 14.8 Å². The third-order valence-electron chi connectivity index (χ3n) is 9.87. The molecule has 2 fully saturated rings. The number of nitrogens with zero attached hydrogens (tertiary/aromatic N) is 3. The number of ether oxygens (including phenoxy) is 3. The number of fused-ring (bicyclic) bond motifs is 5. The monoisotopic (exact) mass is 660 g/mol. The normalized spacial score (nSPS) is 30.3. The second-order valence-corrected chi connectivity index (χ2v) is 14.4. The Balaban J connectivity index is 1.60. The van der Waals surface area contributed by atoms with Crippen LogP contribution >= 0.6 is 0 Å². The molecule has 3 heterocycles. The number of hydrogen-bond donors (Lipinski definition) is 2. The van der Waals surface area contributed by atoms with Gasteiger partial charge in [0.25, 0.3) is 5.92 Å². The summed E-state index contributed by atoms with van der Waals surface area (Å²) in [6.45, 7) is 8.91. The van der Waals surface area contributed by atoms with E-state index in [0.29, 0.717) is 25.0 Å². The quantitative estimate of drug-likeness (QED) is 0.410. The van der Waals surface area contributed by atoms with E-state index in [1.54, 1.807) is 45.9 Å². The number of carbonyl (C=O) groups is 3. The predicted molar refractivity (Wildman–Crippen MR) is 168 cm³/mol. The SMILES string of the molecule is CC[C@@H]1[C@@H]2CN(C(=O)[C@H](C(C)(C)C)NC(=O)O[C@@H]3C[C@H](C)C[C@H]3CCCCC(F)(F)c3nc4ccc(OC)cc4nc3O2)[C@@H]1C(=O)O. The van der Waals surface area contributed by atoms with Crippen LogP contribution in [0.15, 0.2) is 18.2 Å². The summed E-state index contributed by atoms with van der Waals surface area (Å²) in [5.74, 6) is -5.75. The molecule has 258 valence electrons. The van der Waals surface area contributed by atoms with Crippen molar-refractivity contribution in [2.24, 2.45) is 23.2 Å². The van der Waals surface area contributed by atoms with Crippen molar-refractivity contribution >= 4 is 29.0 Å². The van der Waals surface area contributed by atoms with Gasteiger partial charge in [-0.15, -0.1) is 0 Å². The number of hydrogen-bond acceptors (Lipinski definition) is 8. The third-order valence-corrected chi connectivity index (χ3v) is 9.87. The Labute approximate surface area is 273 Å². The van der Waals surface area contributed by atoms with Crippen LogP contribution in [0, 0.1) is 23.2 Å². The predicted octanol–water partition coefficient (Wildman–Crippen LogP) is 5.93. The minimum Gasteiger partial charge on any atom is -0.497 e. The summed E-state index contributed by atoms with van der Waals surface area (Å²) >= 11 is 0. The maximum Gasteiger partial charge on any atom is 0.408 e. The van der Waals surface area contributed by atoms with Gasteiger partial charge in [0.15, 0.2) is 5.69 Å². The number of benzene rings is 1. The van der Waals surface area contributed by atoms with Gasteiger partial charge in [0.05, 0.1) is 24.7 Å². The molecule has 1 aromatic carbocycles. The average molecular weight is 661 g/mol. The van der Waals surface area contributed by atoms with Crippen molar-refractivity contribution in [2.45, 2.75) is 110 Å². The van der Waals surface area contributed by atoms with E-state index < -0.39 is 77.5 Å². The maximum absolute atomic E-state index is 16.1. The van der Waals surface area contributed by atoms with Crippen molar-refractivity contribution in [1.29, 1.82) is 0 Å².